The van der Waals surface area contributed by atoms with Crippen molar-refractivity contribution in [3.63, 3.8) is 0 Å². The molecule has 0 radical (unpaired) electrons. The summed E-state index contributed by atoms with van der Waals surface area (Å²) in [5.74, 6) is -0.182. The molecule has 1 saturated heterocycles. The third-order valence-corrected chi connectivity index (χ3v) is 7.60. The number of benzene rings is 2. The Morgan fingerprint density at radius 2 is 1.92 bits per heavy atom. The van der Waals surface area contributed by atoms with Gasteiger partial charge in [-0.25, -0.2) is 14.2 Å². The van der Waals surface area contributed by atoms with Gasteiger partial charge in [0, 0.05) is 30.3 Å². The molecule has 200 valence electrons. The maximum atomic E-state index is 14.8. The van der Waals surface area contributed by atoms with Crippen molar-refractivity contribution in [3.8, 4) is 5.75 Å². The highest BCUT2D eigenvalue weighted by molar-refractivity contribution is 6.01. The molecule has 0 saturated carbocycles. The molecule has 1 fully saturated rings. The summed E-state index contributed by atoms with van der Waals surface area (Å²) in [6, 6.07) is 12.7. The number of esters is 1. The van der Waals surface area contributed by atoms with Crippen LogP contribution in [0.1, 0.15) is 51.6 Å². The van der Waals surface area contributed by atoms with Crippen LogP contribution in [-0.4, -0.2) is 57.7 Å². The first-order valence-corrected chi connectivity index (χ1v) is 13.0. The molecule has 4 aromatic rings. The lowest BCUT2D eigenvalue weighted by atomic mass is 9.74. The Morgan fingerprint density at radius 3 is 2.72 bits per heavy atom. The zero-order chi connectivity index (χ0) is 27.1. The second-order valence-corrected chi connectivity index (χ2v) is 10.0. The number of hydrogen-bond donors (Lipinski definition) is 1. The summed E-state index contributed by atoms with van der Waals surface area (Å²) in [7, 11) is 0. The van der Waals surface area contributed by atoms with Crippen molar-refractivity contribution >= 4 is 29.0 Å². The Labute approximate surface area is 224 Å². The van der Waals surface area contributed by atoms with Gasteiger partial charge in [-0.1, -0.05) is 24.3 Å². The van der Waals surface area contributed by atoms with Gasteiger partial charge in [-0.05, 0) is 50.5 Å². The van der Waals surface area contributed by atoms with Gasteiger partial charge in [0.15, 0.2) is 5.65 Å². The maximum absolute atomic E-state index is 14.8. The summed E-state index contributed by atoms with van der Waals surface area (Å²) in [5, 5.41) is 7.38. The molecule has 2 aliphatic rings. The number of ether oxygens (including phenoxy) is 2. The molecule has 1 N–H and O–H groups in total. The zero-order valence-electron chi connectivity index (χ0n) is 21.7. The molecule has 2 aliphatic heterocycles. The average Bonchev–Trinajstić information content (AvgIpc) is 3.54. The van der Waals surface area contributed by atoms with Crippen LogP contribution in [0.2, 0.25) is 0 Å². The molecule has 9 nitrogen and oxygen atoms in total. The Hall–Kier alpha value is -4.47. The Morgan fingerprint density at radius 1 is 1.13 bits per heavy atom. The molecular formula is C29H28FN5O4. The van der Waals surface area contributed by atoms with Crippen LogP contribution in [0.5, 0.6) is 5.75 Å². The number of amides is 1. The van der Waals surface area contributed by atoms with E-state index in [4.69, 9.17) is 9.47 Å². The van der Waals surface area contributed by atoms with E-state index >= 15 is 0 Å². The lowest BCUT2D eigenvalue weighted by Crippen LogP contribution is -2.46. The second-order valence-electron chi connectivity index (χ2n) is 10.0. The first-order chi connectivity index (χ1) is 18.9. The van der Waals surface area contributed by atoms with Gasteiger partial charge in [-0.15, -0.1) is 0 Å². The van der Waals surface area contributed by atoms with E-state index in [1.807, 2.05) is 25.1 Å². The van der Waals surface area contributed by atoms with Crippen LogP contribution in [0.4, 0.5) is 15.9 Å². The van der Waals surface area contributed by atoms with E-state index in [-0.39, 0.29) is 46.2 Å². The van der Waals surface area contributed by atoms with Crippen LogP contribution in [0.15, 0.2) is 54.9 Å². The molecule has 4 heterocycles. The standard InChI is InChI=1S/C29H28FN5O4/c1-3-38-28(37)20-16-32-35-25(20)31-15-19(26(35)33-23-14-18(2)8-9-22(23)30)27(36)34-12-10-29(11-13-34)17-39-24-7-5-4-6-21(24)29/h4-9,14-16,33H,3,10-13,17H2,1-2H3. The Bertz CT molecular complexity index is 1590. The van der Waals surface area contributed by atoms with E-state index in [9.17, 15) is 14.0 Å². The van der Waals surface area contributed by atoms with Crippen LogP contribution < -0.4 is 10.1 Å². The van der Waals surface area contributed by atoms with E-state index in [2.05, 4.69) is 21.5 Å². The van der Waals surface area contributed by atoms with Crippen LogP contribution in [0.25, 0.3) is 5.65 Å². The van der Waals surface area contributed by atoms with E-state index in [1.165, 1.54) is 28.5 Å². The van der Waals surface area contributed by atoms with E-state index in [0.717, 1.165) is 24.2 Å². The third kappa shape index (κ3) is 4.25. The fourth-order valence-electron chi connectivity index (χ4n) is 5.47. The molecule has 2 aromatic heterocycles. The monoisotopic (exact) mass is 529 g/mol. The first kappa shape index (κ1) is 24.8. The number of nitrogens with zero attached hydrogens (tertiary/aromatic N) is 4. The summed E-state index contributed by atoms with van der Waals surface area (Å²) < 4.78 is 27.2. The number of aryl methyl sites for hydroxylation is 1. The molecule has 0 atom stereocenters. The second kappa shape index (κ2) is 9.68. The van der Waals surface area contributed by atoms with Crippen LogP contribution in [0.3, 0.4) is 0 Å². The fourth-order valence-corrected chi connectivity index (χ4v) is 5.47. The number of para-hydroxylation sites is 1. The minimum atomic E-state index is -0.577. The lowest BCUT2D eigenvalue weighted by molar-refractivity contribution is 0.0528. The topological polar surface area (TPSA) is 98.1 Å². The summed E-state index contributed by atoms with van der Waals surface area (Å²) in [6.45, 7) is 5.41. The Kier molecular flexibility index (Phi) is 6.17. The number of halogens is 1. The molecular weight excluding hydrogens is 501 g/mol. The first-order valence-electron chi connectivity index (χ1n) is 13.0. The highest BCUT2D eigenvalue weighted by Crippen LogP contribution is 2.45. The largest absolute Gasteiger partial charge is 0.492 e. The van der Waals surface area contributed by atoms with Gasteiger partial charge >= 0.3 is 5.97 Å². The normalized spacial score (nSPS) is 15.7. The van der Waals surface area contributed by atoms with Crippen molar-refractivity contribution in [2.75, 3.05) is 31.6 Å². The molecule has 0 unspecified atom stereocenters. The van der Waals surface area contributed by atoms with Crippen molar-refractivity contribution in [1.82, 2.24) is 19.5 Å². The summed E-state index contributed by atoms with van der Waals surface area (Å²) in [5.41, 5.74) is 2.69. The van der Waals surface area contributed by atoms with Gasteiger partial charge in [0.2, 0.25) is 0 Å². The summed E-state index contributed by atoms with van der Waals surface area (Å²) >= 11 is 0. The van der Waals surface area contributed by atoms with Crippen molar-refractivity contribution in [2.45, 2.75) is 32.1 Å². The van der Waals surface area contributed by atoms with Crippen molar-refractivity contribution in [1.29, 1.82) is 0 Å². The number of likely N-dealkylation sites (tertiary alicyclic amines) is 1. The highest BCUT2D eigenvalue weighted by Gasteiger charge is 2.44. The number of carbonyl (C=O) groups excluding carboxylic acids is 2. The number of fused-ring (bicyclic) bond motifs is 3. The molecule has 0 bridgehead atoms. The van der Waals surface area contributed by atoms with E-state index in [0.29, 0.717) is 19.7 Å². The quantitative estimate of drug-likeness (QED) is 0.376. The SMILES string of the molecule is CCOC(=O)c1cnn2c(Nc3cc(C)ccc3F)c(C(=O)N3CCC4(CC3)COc3ccccc34)cnc12. The number of piperidine rings is 1. The Balaban J connectivity index is 1.35. The molecule has 39 heavy (non-hydrogen) atoms. The van der Waals surface area contributed by atoms with Gasteiger partial charge < -0.3 is 19.7 Å². The average molecular weight is 530 g/mol. The predicted molar refractivity (Wildman–Crippen MR) is 142 cm³/mol. The van der Waals surface area contributed by atoms with E-state index < -0.39 is 11.8 Å². The van der Waals surface area contributed by atoms with Gasteiger partial charge in [-0.2, -0.15) is 9.61 Å². The number of carbonyl (C=O) groups is 2. The molecule has 0 aliphatic carbocycles. The van der Waals surface area contributed by atoms with Crippen molar-refractivity contribution in [2.24, 2.45) is 0 Å². The number of hydrogen-bond acceptors (Lipinski definition) is 7. The van der Waals surface area contributed by atoms with Crippen LogP contribution >= 0.6 is 0 Å². The number of aromatic nitrogens is 3. The zero-order valence-corrected chi connectivity index (χ0v) is 21.7. The molecule has 10 heteroatoms. The minimum Gasteiger partial charge on any atom is -0.492 e. The van der Waals surface area contributed by atoms with Crippen LogP contribution in [0, 0.1) is 12.7 Å². The van der Waals surface area contributed by atoms with Gasteiger partial charge in [-0.3, -0.25) is 4.79 Å². The molecule has 1 amide bonds. The smallest absolute Gasteiger partial charge is 0.343 e. The van der Waals surface area contributed by atoms with Crippen molar-refractivity contribution in [3.05, 3.63) is 82.9 Å². The third-order valence-electron chi connectivity index (χ3n) is 7.60. The van der Waals surface area contributed by atoms with Crippen molar-refractivity contribution < 1.29 is 23.5 Å². The van der Waals surface area contributed by atoms with E-state index in [1.54, 1.807) is 24.0 Å². The fraction of sp³-hybridized carbons (Fsp3) is 0.310. The predicted octanol–water partition coefficient (Wildman–Crippen LogP) is 4.66. The van der Waals surface area contributed by atoms with Gasteiger partial charge in [0.05, 0.1) is 25.1 Å². The van der Waals surface area contributed by atoms with Crippen LogP contribution in [-0.2, 0) is 10.2 Å². The van der Waals surface area contributed by atoms with Gasteiger partial charge in [0.1, 0.15) is 28.5 Å². The number of rotatable bonds is 5. The number of nitrogens with one attached hydrogen (secondary N) is 1. The lowest BCUT2D eigenvalue weighted by Gasteiger charge is -2.38. The highest BCUT2D eigenvalue weighted by atomic mass is 19.1. The van der Waals surface area contributed by atoms with Gasteiger partial charge in [0.25, 0.3) is 5.91 Å². The number of anilines is 2. The summed E-state index contributed by atoms with van der Waals surface area (Å²) in [6.07, 6.45) is 4.27. The maximum Gasteiger partial charge on any atom is 0.343 e. The molecule has 2 aromatic carbocycles. The molecule has 1 spiro atoms. The minimum absolute atomic E-state index is 0.113. The summed E-state index contributed by atoms with van der Waals surface area (Å²) in [4.78, 5) is 32.6. The molecule has 6 rings (SSSR count).